The second-order valence-corrected chi connectivity index (χ2v) is 3.80. The standard InChI is InChI=1S/C8H19N3/c1-6-7(9)4-3-5-11-8(6,2)10/h6-7,11H,3-5,9-10H2,1-2H3/t6-,7-,8-/m0/s1. The van der Waals surface area contributed by atoms with E-state index in [0.717, 1.165) is 19.4 Å². The van der Waals surface area contributed by atoms with E-state index < -0.39 is 0 Å². The van der Waals surface area contributed by atoms with Crippen molar-refractivity contribution >= 4 is 0 Å². The molecule has 0 spiro atoms. The SMILES string of the molecule is C[C@H]1[C@@H](N)CCCN[C@]1(C)N. The molecule has 0 aromatic heterocycles. The highest BCUT2D eigenvalue weighted by molar-refractivity contribution is 4.90. The average molecular weight is 157 g/mol. The third-order valence-electron chi connectivity index (χ3n) is 2.81. The minimum absolute atomic E-state index is 0.250. The monoisotopic (exact) mass is 157 g/mol. The Bertz CT molecular complexity index is 133. The number of hydrogen-bond donors (Lipinski definition) is 3. The lowest BCUT2D eigenvalue weighted by molar-refractivity contribution is 0.242. The maximum atomic E-state index is 6.02. The van der Waals surface area contributed by atoms with Gasteiger partial charge in [0.1, 0.15) is 0 Å². The Morgan fingerprint density at radius 3 is 2.82 bits per heavy atom. The normalized spacial score (nSPS) is 46.9. The summed E-state index contributed by atoms with van der Waals surface area (Å²) in [6, 6.07) is 0.250. The lowest BCUT2D eigenvalue weighted by atomic mass is 9.89. The molecule has 0 aliphatic carbocycles. The summed E-state index contributed by atoms with van der Waals surface area (Å²) in [5.41, 5.74) is 11.7. The van der Waals surface area contributed by atoms with E-state index in [2.05, 4.69) is 12.2 Å². The molecule has 1 aliphatic heterocycles. The first-order valence-corrected chi connectivity index (χ1v) is 4.33. The molecule has 0 aromatic carbocycles. The second kappa shape index (κ2) is 3.09. The molecule has 3 atom stereocenters. The Morgan fingerprint density at radius 2 is 2.18 bits per heavy atom. The van der Waals surface area contributed by atoms with Gasteiger partial charge < -0.3 is 11.5 Å². The third-order valence-corrected chi connectivity index (χ3v) is 2.81. The van der Waals surface area contributed by atoms with Gasteiger partial charge in [0.05, 0.1) is 5.66 Å². The van der Waals surface area contributed by atoms with Crippen molar-refractivity contribution < 1.29 is 0 Å². The molecule has 1 rings (SSSR count). The van der Waals surface area contributed by atoms with Crippen molar-refractivity contribution in [2.75, 3.05) is 6.54 Å². The van der Waals surface area contributed by atoms with E-state index in [1.165, 1.54) is 0 Å². The van der Waals surface area contributed by atoms with Crippen molar-refractivity contribution in [3.63, 3.8) is 0 Å². The Hall–Kier alpha value is -0.120. The summed E-state index contributed by atoms with van der Waals surface area (Å²) in [6.45, 7) is 5.12. The van der Waals surface area contributed by atoms with Crippen LogP contribution in [0.5, 0.6) is 0 Å². The molecule has 3 nitrogen and oxygen atoms in total. The molecule has 0 amide bonds. The van der Waals surface area contributed by atoms with Crippen LogP contribution in [0.25, 0.3) is 0 Å². The quantitative estimate of drug-likeness (QED) is 0.464. The van der Waals surface area contributed by atoms with Gasteiger partial charge in [0.2, 0.25) is 0 Å². The van der Waals surface area contributed by atoms with Crippen LogP contribution in [0.3, 0.4) is 0 Å². The zero-order valence-corrected chi connectivity index (χ0v) is 7.43. The maximum absolute atomic E-state index is 6.02. The first-order chi connectivity index (χ1) is 5.04. The van der Waals surface area contributed by atoms with E-state index >= 15 is 0 Å². The van der Waals surface area contributed by atoms with Crippen LogP contribution in [0.1, 0.15) is 26.7 Å². The van der Waals surface area contributed by atoms with Gasteiger partial charge in [-0.2, -0.15) is 0 Å². The predicted octanol–water partition coefficient (Wildman–Crippen LogP) is 0.00810. The number of rotatable bonds is 0. The number of hydrogen-bond acceptors (Lipinski definition) is 3. The first-order valence-electron chi connectivity index (χ1n) is 4.33. The van der Waals surface area contributed by atoms with E-state index in [-0.39, 0.29) is 11.7 Å². The summed E-state index contributed by atoms with van der Waals surface area (Å²) in [7, 11) is 0. The molecule has 1 aliphatic rings. The van der Waals surface area contributed by atoms with Crippen LogP contribution in [-0.4, -0.2) is 18.2 Å². The average Bonchev–Trinajstić information content (AvgIpc) is 2.03. The molecule has 66 valence electrons. The van der Waals surface area contributed by atoms with Gasteiger partial charge >= 0.3 is 0 Å². The molecule has 0 unspecified atom stereocenters. The van der Waals surface area contributed by atoms with Crippen LogP contribution in [0.2, 0.25) is 0 Å². The van der Waals surface area contributed by atoms with Gasteiger partial charge in [-0.3, -0.25) is 5.32 Å². The molecular formula is C8H19N3. The molecule has 1 fully saturated rings. The zero-order valence-electron chi connectivity index (χ0n) is 7.43. The van der Waals surface area contributed by atoms with Crippen LogP contribution >= 0.6 is 0 Å². The van der Waals surface area contributed by atoms with Gasteiger partial charge in [-0.25, -0.2) is 0 Å². The molecule has 0 radical (unpaired) electrons. The number of nitrogens with one attached hydrogen (secondary N) is 1. The zero-order chi connectivity index (χ0) is 8.48. The summed E-state index contributed by atoms with van der Waals surface area (Å²) < 4.78 is 0. The molecule has 1 heterocycles. The lowest BCUT2D eigenvalue weighted by Crippen LogP contribution is -2.58. The Kier molecular flexibility index (Phi) is 2.52. The van der Waals surface area contributed by atoms with E-state index in [0.29, 0.717) is 5.92 Å². The number of nitrogens with two attached hydrogens (primary N) is 2. The minimum atomic E-state index is -0.282. The lowest BCUT2D eigenvalue weighted by Gasteiger charge is -2.33. The molecule has 0 bridgehead atoms. The molecular weight excluding hydrogens is 138 g/mol. The maximum Gasteiger partial charge on any atom is 0.0674 e. The van der Waals surface area contributed by atoms with Crippen LogP contribution in [0, 0.1) is 5.92 Å². The fourth-order valence-electron chi connectivity index (χ4n) is 1.55. The summed E-state index contributed by atoms with van der Waals surface area (Å²) in [4.78, 5) is 0. The molecule has 5 N–H and O–H groups in total. The highest BCUT2D eigenvalue weighted by Crippen LogP contribution is 2.19. The topological polar surface area (TPSA) is 64.1 Å². The summed E-state index contributed by atoms with van der Waals surface area (Å²) >= 11 is 0. The Morgan fingerprint density at radius 1 is 1.55 bits per heavy atom. The first kappa shape index (κ1) is 8.97. The molecule has 11 heavy (non-hydrogen) atoms. The Labute approximate surface area is 68.5 Å². The smallest absolute Gasteiger partial charge is 0.0674 e. The van der Waals surface area contributed by atoms with E-state index in [1.807, 2.05) is 6.92 Å². The van der Waals surface area contributed by atoms with Gasteiger partial charge in [0.25, 0.3) is 0 Å². The van der Waals surface area contributed by atoms with Crippen molar-refractivity contribution in [3.05, 3.63) is 0 Å². The summed E-state index contributed by atoms with van der Waals surface area (Å²) in [6.07, 6.45) is 2.22. The van der Waals surface area contributed by atoms with Crippen molar-refractivity contribution in [2.24, 2.45) is 17.4 Å². The van der Waals surface area contributed by atoms with Gasteiger partial charge in [0.15, 0.2) is 0 Å². The van der Waals surface area contributed by atoms with Gasteiger partial charge in [0, 0.05) is 12.0 Å². The highest BCUT2D eigenvalue weighted by Gasteiger charge is 2.32. The Balaban J connectivity index is 2.65. The van der Waals surface area contributed by atoms with Crippen LogP contribution in [0.15, 0.2) is 0 Å². The van der Waals surface area contributed by atoms with Crippen molar-refractivity contribution in [1.82, 2.24) is 5.32 Å². The second-order valence-electron chi connectivity index (χ2n) is 3.80. The largest absolute Gasteiger partial charge is 0.327 e. The van der Waals surface area contributed by atoms with Gasteiger partial charge in [-0.05, 0) is 26.3 Å². The van der Waals surface area contributed by atoms with Crippen molar-refractivity contribution in [1.29, 1.82) is 0 Å². The van der Waals surface area contributed by atoms with E-state index in [9.17, 15) is 0 Å². The van der Waals surface area contributed by atoms with Crippen LogP contribution in [0.4, 0.5) is 0 Å². The third kappa shape index (κ3) is 1.92. The molecule has 1 saturated heterocycles. The predicted molar refractivity (Wildman–Crippen MR) is 47.0 cm³/mol. The molecule has 0 aromatic rings. The van der Waals surface area contributed by atoms with E-state index in [4.69, 9.17) is 11.5 Å². The minimum Gasteiger partial charge on any atom is -0.327 e. The van der Waals surface area contributed by atoms with Crippen molar-refractivity contribution in [2.45, 2.75) is 38.4 Å². The summed E-state index contributed by atoms with van der Waals surface area (Å²) in [5, 5.41) is 3.30. The molecule has 0 saturated carbocycles. The highest BCUT2D eigenvalue weighted by atomic mass is 15.1. The van der Waals surface area contributed by atoms with Gasteiger partial charge in [-0.1, -0.05) is 6.92 Å². The van der Waals surface area contributed by atoms with Crippen LogP contribution < -0.4 is 16.8 Å². The fourth-order valence-corrected chi connectivity index (χ4v) is 1.55. The summed E-state index contributed by atoms with van der Waals surface area (Å²) in [5.74, 6) is 0.352. The van der Waals surface area contributed by atoms with Gasteiger partial charge in [-0.15, -0.1) is 0 Å². The van der Waals surface area contributed by atoms with Crippen LogP contribution in [-0.2, 0) is 0 Å². The fraction of sp³-hybridized carbons (Fsp3) is 1.00. The van der Waals surface area contributed by atoms with Crippen molar-refractivity contribution in [3.8, 4) is 0 Å². The van der Waals surface area contributed by atoms with E-state index in [1.54, 1.807) is 0 Å². The molecule has 3 heteroatoms.